The Morgan fingerprint density at radius 1 is 1.47 bits per heavy atom. The van der Waals surface area contributed by atoms with Gasteiger partial charge in [-0.25, -0.2) is 0 Å². The molecule has 88 valence electrons. The summed E-state index contributed by atoms with van der Waals surface area (Å²) in [5.74, 6) is 0.609. The van der Waals surface area contributed by atoms with Gasteiger partial charge in [-0.1, -0.05) is 19.8 Å². The van der Waals surface area contributed by atoms with Crippen LogP contribution in [0.25, 0.3) is 0 Å². The molecule has 0 heterocycles. The Hall–Kier alpha value is -0.570. The van der Waals surface area contributed by atoms with Gasteiger partial charge in [0.2, 0.25) is 0 Å². The van der Waals surface area contributed by atoms with Gasteiger partial charge in [0, 0.05) is 12.1 Å². The maximum atomic E-state index is 11.1. The number of carbonyl (C=O) groups is 1. The lowest BCUT2D eigenvalue weighted by atomic mass is 9.85. The molecule has 15 heavy (non-hydrogen) atoms. The van der Waals surface area contributed by atoms with E-state index in [0.717, 1.165) is 5.92 Å². The largest absolute Gasteiger partial charge is 0.469 e. The topological polar surface area (TPSA) is 38.3 Å². The van der Waals surface area contributed by atoms with Crippen molar-refractivity contribution >= 4 is 5.97 Å². The van der Waals surface area contributed by atoms with Crippen LogP contribution in [0.4, 0.5) is 0 Å². The summed E-state index contributed by atoms with van der Waals surface area (Å²) >= 11 is 0. The summed E-state index contributed by atoms with van der Waals surface area (Å²) in [6, 6.07) is 0.807. The fourth-order valence-electron chi connectivity index (χ4n) is 2.32. The number of hydrogen-bond acceptors (Lipinski definition) is 3. The molecular formula is C12H23NO2. The van der Waals surface area contributed by atoms with Crippen LogP contribution in [0.2, 0.25) is 0 Å². The fraction of sp³-hybridized carbons (Fsp3) is 0.917. The molecule has 1 aliphatic carbocycles. The van der Waals surface area contributed by atoms with Crippen molar-refractivity contribution in [1.82, 2.24) is 5.32 Å². The van der Waals surface area contributed by atoms with E-state index in [9.17, 15) is 4.79 Å². The van der Waals surface area contributed by atoms with Gasteiger partial charge in [0.05, 0.1) is 13.5 Å². The number of esters is 1. The molecule has 0 radical (unpaired) electrons. The molecule has 0 saturated heterocycles. The van der Waals surface area contributed by atoms with E-state index >= 15 is 0 Å². The van der Waals surface area contributed by atoms with Crippen LogP contribution < -0.4 is 5.32 Å². The van der Waals surface area contributed by atoms with Gasteiger partial charge in [-0.05, 0) is 25.7 Å². The smallest absolute Gasteiger partial charge is 0.307 e. The first kappa shape index (κ1) is 12.5. The second-order valence-electron chi connectivity index (χ2n) is 4.72. The number of nitrogens with one attached hydrogen (secondary N) is 1. The minimum atomic E-state index is -0.126. The predicted octanol–water partition coefficient (Wildman–Crippen LogP) is 2.11. The molecule has 3 atom stereocenters. The highest BCUT2D eigenvalue weighted by atomic mass is 16.5. The average Bonchev–Trinajstić information content (AvgIpc) is 2.21. The van der Waals surface area contributed by atoms with E-state index in [1.54, 1.807) is 0 Å². The Kier molecular flexibility index (Phi) is 5.09. The number of methoxy groups -OCH3 is 1. The summed E-state index contributed by atoms with van der Waals surface area (Å²) in [6.07, 6.45) is 5.69. The van der Waals surface area contributed by atoms with Gasteiger partial charge in [0.25, 0.3) is 0 Å². The summed E-state index contributed by atoms with van der Waals surface area (Å²) in [5, 5.41) is 3.53. The summed E-state index contributed by atoms with van der Waals surface area (Å²) in [4.78, 5) is 11.1. The molecule has 1 aliphatic rings. The van der Waals surface area contributed by atoms with Crippen LogP contribution in [0.3, 0.4) is 0 Å². The molecule has 0 aliphatic heterocycles. The first-order valence-electron chi connectivity index (χ1n) is 5.96. The standard InChI is InChI=1S/C12H23NO2/c1-9-6-4-5-7-11(9)13-10(2)8-12(14)15-3/h9-11,13H,4-8H2,1-3H3. The maximum absolute atomic E-state index is 11.1. The van der Waals surface area contributed by atoms with Gasteiger partial charge in [0.15, 0.2) is 0 Å². The zero-order valence-corrected chi connectivity index (χ0v) is 10.1. The van der Waals surface area contributed by atoms with E-state index in [2.05, 4.69) is 23.9 Å². The van der Waals surface area contributed by atoms with E-state index in [1.165, 1.54) is 32.8 Å². The van der Waals surface area contributed by atoms with Gasteiger partial charge in [0.1, 0.15) is 0 Å². The van der Waals surface area contributed by atoms with Gasteiger partial charge in [-0.3, -0.25) is 4.79 Å². The summed E-state index contributed by atoms with van der Waals surface area (Å²) < 4.78 is 4.66. The van der Waals surface area contributed by atoms with E-state index in [4.69, 9.17) is 0 Å². The minimum Gasteiger partial charge on any atom is -0.469 e. The van der Waals surface area contributed by atoms with Crippen LogP contribution in [-0.4, -0.2) is 25.2 Å². The van der Waals surface area contributed by atoms with Crippen molar-refractivity contribution in [2.24, 2.45) is 5.92 Å². The second kappa shape index (κ2) is 6.11. The lowest BCUT2D eigenvalue weighted by Gasteiger charge is -2.32. The Morgan fingerprint density at radius 3 is 2.73 bits per heavy atom. The third-order valence-electron chi connectivity index (χ3n) is 3.31. The molecule has 1 rings (SSSR count). The first-order valence-corrected chi connectivity index (χ1v) is 5.96. The third-order valence-corrected chi connectivity index (χ3v) is 3.31. The quantitative estimate of drug-likeness (QED) is 0.727. The van der Waals surface area contributed by atoms with Crippen molar-refractivity contribution in [3.8, 4) is 0 Å². The molecule has 3 unspecified atom stereocenters. The maximum Gasteiger partial charge on any atom is 0.307 e. The highest BCUT2D eigenvalue weighted by Crippen LogP contribution is 2.24. The molecular weight excluding hydrogens is 190 g/mol. The highest BCUT2D eigenvalue weighted by molar-refractivity contribution is 5.69. The lowest BCUT2D eigenvalue weighted by Crippen LogP contribution is -2.43. The van der Waals surface area contributed by atoms with Crippen molar-refractivity contribution in [1.29, 1.82) is 0 Å². The Balaban J connectivity index is 2.29. The molecule has 3 nitrogen and oxygen atoms in total. The Morgan fingerprint density at radius 2 is 2.13 bits per heavy atom. The van der Waals surface area contributed by atoms with Gasteiger partial charge >= 0.3 is 5.97 Å². The summed E-state index contributed by atoms with van der Waals surface area (Å²) in [5.41, 5.74) is 0. The number of rotatable bonds is 4. The average molecular weight is 213 g/mol. The van der Waals surface area contributed by atoms with Crippen LogP contribution in [0.1, 0.15) is 46.0 Å². The molecule has 3 heteroatoms. The van der Waals surface area contributed by atoms with E-state index in [0.29, 0.717) is 12.5 Å². The SMILES string of the molecule is COC(=O)CC(C)NC1CCCCC1C. The Bertz CT molecular complexity index is 206. The molecule has 0 spiro atoms. The van der Waals surface area contributed by atoms with Gasteiger partial charge < -0.3 is 10.1 Å². The second-order valence-corrected chi connectivity index (χ2v) is 4.72. The van der Waals surface area contributed by atoms with E-state index in [-0.39, 0.29) is 12.0 Å². The van der Waals surface area contributed by atoms with E-state index < -0.39 is 0 Å². The molecule has 0 bridgehead atoms. The van der Waals surface area contributed by atoms with Crippen LogP contribution in [0.15, 0.2) is 0 Å². The monoisotopic (exact) mass is 213 g/mol. The molecule has 1 fully saturated rings. The van der Waals surface area contributed by atoms with Crippen molar-refractivity contribution in [2.45, 2.75) is 58.0 Å². The van der Waals surface area contributed by atoms with Crippen LogP contribution in [0, 0.1) is 5.92 Å². The minimum absolute atomic E-state index is 0.126. The Labute approximate surface area is 92.6 Å². The van der Waals surface area contributed by atoms with Crippen molar-refractivity contribution < 1.29 is 9.53 Å². The van der Waals surface area contributed by atoms with Crippen LogP contribution in [0.5, 0.6) is 0 Å². The molecule has 0 aromatic rings. The molecule has 1 saturated carbocycles. The van der Waals surface area contributed by atoms with E-state index in [1.807, 2.05) is 0 Å². The normalized spacial score (nSPS) is 28.5. The molecule has 0 aromatic carbocycles. The highest BCUT2D eigenvalue weighted by Gasteiger charge is 2.23. The van der Waals surface area contributed by atoms with Gasteiger partial charge in [-0.2, -0.15) is 0 Å². The summed E-state index contributed by atoms with van der Waals surface area (Å²) in [7, 11) is 1.44. The predicted molar refractivity (Wildman–Crippen MR) is 60.7 cm³/mol. The van der Waals surface area contributed by atoms with Gasteiger partial charge in [-0.15, -0.1) is 0 Å². The zero-order chi connectivity index (χ0) is 11.3. The summed E-state index contributed by atoms with van der Waals surface area (Å²) in [6.45, 7) is 4.35. The fourth-order valence-corrected chi connectivity index (χ4v) is 2.32. The number of ether oxygens (including phenoxy) is 1. The first-order chi connectivity index (χ1) is 7.13. The van der Waals surface area contributed by atoms with Crippen molar-refractivity contribution in [2.75, 3.05) is 7.11 Å². The molecule has 0 aromatic heterocycles. The third kappa shape index (κ3) is 4.20. The zero-order valence-electron chi connectivity index (χ0n) is 10.1. The molecule has 1 N–H and O–H groups in total. The number of carbonyl (C=O) groups excluding carboxylic acids is 1. The lowest BCUT2D eigenvalue weighted by molar-refractivity contribution is -0.141. The van der Waals surface area contributed by atoms with Crippen LogP contribution >= 0.6 is 0 Å². The number of hydrogen-bond donors (Lipinski definition) is 1. The van der Waals surface area contributed by atoms with Crippen molar-refractivity contribution in [3.63, 3.8) is 0 Å². The van der Waals surface area contributed by atoms with Crippen molar-refractivity contribution in [3.05, 3.63) is 0 Å². The molecule has 0 amide bonds. The van der Waals surface area contributed by atoms with Crippen LogP contribution in [-0.2, 0) is 9.53 Å².